The second kappa shape index (κ2) is 7.80. The molecular weight excluding hydrogens is 206 g/mol. The van der Waals surface area contributed by atoms with Crippen LogP contribution in [0.1, 0.15) is 34.1 Å². The standard InChI is InChI=1S/C12H23NOS/c1-6-9(2)7-10(3)11(4)15-8-12(14)13-5/h6,10-11H,7-8H2,1-5H3,(H,13,14). The van der Waals surface area contributed by atoms with E-state index in [2.05, 4.69) is 39.1 Å². The van der Waals surface area contributed by atoms with E-state index in [4.69, 9.17) is 0 Å². The lowest BCUT2D eigenvalue weighted by Crippen LogP contribution is -2.22. The molecule has 0 saturated heterocycles. The summed E-state index contributed by atoms with van der Waals surface area (Å²) < 4.78 is 0. The van der Waals surface area contributed by atoms with Gasteiger partial charge in [-0.2, -0.15) is 0 Å². The van der Waals surface area contributed by atoms with Gasteiger partial charge in [-0.05, 0) is 26.2 Å². The summed E-state index contributed by atoms with van der Waals surface area (Å²) in [5, 5.41) is 3.17. The van der Waals surface area contributed by atoms with Gasteiger partial charge in [0.15, 0.2) is 0 Å². The molecule has 0 aliphatic rings. The van der Waals surface area contributed by atoms with Crippen LogP contribution >= 0.6 is 11.8 Å². The van der Waals surface area contributed by atoms with E-state index in [0.29, 0.717) is 16.9 Å². The fourth-order valence-electron chi connectivity index (χ4n) is 1.24. The predicted molar refractivity (Wildman–Crippen MR) is 69.2 cm³/mol. The lowest BCUT2D eigenvalue weighted by atomic mass is 9.99. The molecule has 15 heavy (non-hydrogen) atoms. The van der Waals surface area contributed by atoms with Crippen LogP contribution in [0.5, 0.6) is 0 Å². The first-order valence-corrected chi connectivity index (χ1v) is 6.50. The van der Waals surface area contributed by atoms with Gasteiger partial charge in [0.25, 0.3) is 0 Å². The van der Waals surface area contributed by atoms with Gasteiger partial charge in [-0.25, -0.2) is 0 Å². The van der Waals surface area contributed by atoms with Gasteiger partial charge in [-0.1, -0.05) is 25.5 Å². The topological polar surface area (TPSA) is 29.1 Å². The average molecular weight is 229 g/mol. The number of hydrogen-bond acceptors (Lipinski definition) is 2. The van der Waals surface area contributed by atoms with Crippen LogP contribution in [0.25, 0.3) is 0 Å². The van der Waals surface area contributed by atoms with Gasteiger partial charge < -0.3 is 5.32 Å². The number of thioether (sulfide) groups is 1. The molecule has 0 aromatic carbocycles. The van der Waals surface area contributed by atoms with Crippen molar-refractivity contribution >= 4 is 17.7 Å². The van der Waals surface area contributed by atoms with E-state index in [1.807, 2.05) is 0 Å². The summed E-state index contributed by atoms with van der Waals surface area (Å²) in [4.78, 5) is 11.1. The first-order chi connectivity index (χ1) is 7.01. The van der Waals surface area contributed by atoms with E-state index in [1.165, 1.54) is 5.57 Å². The van der Waals surface area contributed by atoms with Gasteiger partial charge in [-0.15, -0.1) is 11.8 Å². The fraction of sp³-hybridized carbons (Fsp3) is 0.750. The molecule has 0 aliphatic heterocycles. The van der Waals surface area contributed by atoms with Crippen molar-refractivity contribution in [3.05, 3.63) is 11.6 Å². The molecule has 3 heteroatoms. The Morgan fingerprint density at radius 1 is 1.47 bits per heavy atom. The Morgan fingerprint density at radius 3 is 2.53 bits per heavy atom. The Labute approximate surface area is 97.9 Å². The summed E-state index contributed by atoms with van der Waals surface area (Å²) in [6, 6.07) is 0. The monoisotopic (exact) mass is 229 g/mol. The maximum absolute atomic E-state index is 11.1. The molecule has 0 radical (unpaired) electrons. The number of carbonyl (C=O) groups is 1. The fourth-order valence-corrected chi connectivity index (χ4v) is 2.22. The first-order valence-electron chi connectivity index (χ1n) is 5.45. The summed E-state index contributed by atoms with van der Waals surface area (Å²) in [6.07, 6.45) is 3.28. The zero-order valence-electron chi connectivity index (χ0n) is 10.5. The van der Waals surface area contributed by atoms with Crippen molar-refractivity contribution in [3.63, 3.8) is 0 Å². The lowest BCUT2D eigenvalue weighted by molar-refractivity contribution is -0.118. The van der Waals surface area contributed by atoms with Crippen LogP contribution in [0.4, 0.5) is 0 Å². The lowest BCUT2D eigenvalue weighted by Gasteiger charge is -2.19. The molecule has 0 heterocycles. The van der Waals surface area contributed by atoms with E-state index >= 15 is 0 Å². The third-order valence-corrected chi connectivity index (χ3v) is 4.11. The quantitative estimate of drug-likeness (QED) is 0.710. The Balaban J connectivity index is 3.88. The van der Waals surface area contributed by atoms with Gasteiger partial charge in [0.2, 0.25) is 5.91 Å². The normalized spacial score (nSPS) is 15.9. The highest BCUT2D eigenvalue weighted by molar-refractivity contribution is 8.00. The van der Waals surface area contributed by atoms with Crippen molar-refractivity contribution in [1.29, 1.82) is 0 Å². The Hall–Kier alpha value is -0.440. The van der Waals surface area contributed by atoms with Crippen LogP contribution < -0.4 is 5.32 Å². The molecule has 0 fully saturated rings. The molecule has 88 valence electrons. The number of amides is 1. The molecular formula is C12H23NOS. The highest BCUT2D eigenvalue weighted by Gasteiger charge is 2.14. The molecule has 2 unspecified atom stereocenters. The molecule has 2 nitrogen and oxygen atoms in total. The summed E-state index contributed by atoms with van der Waals surface area (Å²) >= 11 is 1.73. The zero-order chi connectivity index (χ0) is 11.8. The summed E-state index contributed by atoms with van der Waals surface area (Å²) in [5.74, 6) is 1.30. The number of rotatable bonds is 6. The van der Waals surface area contributed by atoms with Gasteiger partial charge in [0.1, 0.15) is 0 Å². The van der Waals surface area contributed by atoms with Crippen molar-refractivity contribution in [3.8, 4) is 0 Å². The van der Waals surface area contributed by atoms with Crippen LogP contribution in [0.3, 0.4) is 0 Å². The molecule has 2 atom stereocenters. The molecule has 0 bridgehead atoms. The smallest absolute Gasteiger partial charge is 0.229 e. The van der Waals surface area contributed by atoms with Crippen molar-refractivity contribution < 1.29 is 4.79 Å². The van der Waals surface area contributed by atoms with Crippen LogP contribution in [-0.4, -0.2) is 24.0 Å². The summed E-state index contributed by atoms with van der Waals surface area (Å²) in [7, 11) is 1.68. The second-order valence-electron chi connectivity index (χ2n) is 4.01. The molecule has 0 aromatic heterocycles. The van der Waals surface area contributed by atoms with Crippen LogP contribution in [0.15, 0.2) is 11.6 Å². The highest BCUT2D eigenvalue weighted by Crippen LogP contribution is 2.24. The largest absolute Gasteiger partial charge is 0.358 e. The van der Waals surface area contributed by atoms with Gasteiger partial charge >= 0.3 is 0 Å². The SMILES string of the molecule is CC=C(C)CC(C)C(C)SCC(=O)NC. The van der Waals surface area contributed by atoms with Crippen molar-refractivity contribution in [2.75, 3.05) is 12.8 Å². The van der Waals surface area contributed by atoms with Crippen LogP contribution in [0.2, 0.25) is 0 Å². The van der Waals surface area contributed by atoms with Gasteiger partial charge in [0.05, 0.1) is 5.75 Å². The minimum absolute atomic E-state index is 0.113. The minimum Gasteiger partial charge on any atom is -0.358 e. The maximum atomic E-state index is 11.1. The maximum Gasteiger partial charge on any atom is 0.229 e. The van der Waals surface area contributed by atoms with Crippen LogP contribution in [-0.2, 0) is 4.79 Å². The van der Waals surface area contributed by atoms with E-state index in [-0.39, 0.29) is 5.91 Å². The average Bonchev–Trinajstić information content (AvgIpc) is 2.24. The molecule has 0 saturated carbocycles. The molecule has 0 aliphatic carbocycles. The van der Waals surface area contributed by atoms with Crippen molar-refractivity contribution in [2.45, 2.75) is 39.4 Å². The van der Waals surface area contributed by atoms with E-state index in [0.717, 1.165) is 6.42 Å². The zero-order valence-corrected chi connectivity index (χ0v) is 11.3. The molecule has 1 amide bonds. The molecule has 0 aromatic rings. The Kier molecular flexibility index (Phi) is 7.57. The third-order valence-electron chi connectivity index (χ3n) is 2.69. The minimum atomic E-state index is 0.113. The van der Waals surface area contributed by atoms with E-state index in [9.17, 15) is 4.79 Å². The molecule has 0 rings (SSSR count). The van der Waals surface area contributed by atoms with Crippen molar-refractivity contribution in [1.82, 2.24) is 5.32 Å². The molecule has 0 spiro atoms. The van der Waals surface area contributed by atoms with Gasteiger partial charge in [-0.3, -0.25) is 4.79 Å². The first kappa shape index (κ1) is 14.6. The second-order valence-corrected chi connectivity index (χ2v) is 5.37. The van der Waals surface area contributed by atoms with Crippen LogP contribution in [0, 0.1) is 5.92 Å². The predicted octanol–water partition coefficient (Wildman–Crippen LogP) is 2.85. The summed E-state index contributed by atoms with van der Waals surface area (Å²) in [5.41, 5.74) is 1.43. The van der Waals surface area contributed by atoms with Crippen molar-refractivity contribution in [2.24, 2.45) is 5.92 Å². The highest BCUT2D eigenvalue weighted by atomic mass is 32.2. The number of carbonyl (C=O) groups excluding carboxylic acids is 1. The number of hydrogen-bond donors (Lipinski definition) is 1. The Bertz CT molecular complexity index is 226. The molecule has 1 N–H and O–H groups in total. The van der Waals surface area contributed by atoms with E-state index in [1.54, 1.807) is 18.8 Å². The van der Waals surface area contributed by atoms with E-state index < -0.39 is 0 Å². The third kappa shape index (κ3) is 6.61. The number of nitrogens with one attached hydrogen (secondary N) is 1. The number of allylic oxidation sites excluding steroid dienone is 2. The van der Waals surface area contributed by atoms with Gasteiger partial charge in [0, 0.05) is 12.3 Å². The Morgan fingerprint density at radius 2 is 2.07 bits per heavy atom. The summed E-state index contributed by atoms with van der Waals surface area (Å²) in [6.45, 7) is 8.67.